The van der Waals surface area contributed by atoms with Gasteiger partial charge in [-0.3, -0.25) is 14.5 Å². The van der Waals surface area contributed by atoms with Crippen molar-refractivity contribution in [2.24, 2.45) is 0 Å². The second-order valence-electron chi connectivity index (χ2n) is 3.95. The highest BCUT2D eigenvalue weighted by Crippen LogP contribution is 2.20. The molecular weight excluding hydrogens is 254 g/mol. The zero-order valence-electron chi connectivity index (χ0n) is 10.4. The largest absolute Gasteiger partial charge is 0.281 e. The Morgan fingerprint density at radius 3 is 2.67 bits per heavy atom. The van der Waals surface area contributed by atoms with Crippen LogP contribution in [0.5, 0.6) is 0 Å². The molecule has 98 valence electrons. The predicted molar refractivity (Wildman–Crippen MR) is 66.8 cm³/mol. The van der Waals surface area contributed by atoms with E-state index in [0.717, 1.165) is 0 Å². The van der Waals surface area contributed by atoms with Gasteiger partial charge in [-0.15, -0.1) is 0 Å². The number of H-pyrrole nitrogens is 1. The van der Waals surface area contributed by atoms with Crippen molar-refractivity contribution in [1.29, 1.82) is 0 Å². The standard InChI is InChI=1S/C10H15N5O2S/c1-4-15-6-9(5-11-15)14-18(16,17)10-7(2)12-13-8(10)3/h5-6,14H,4H2,1-3H3,(H,12,13). The number of nitrogens with one attached hydrogen (secondary N) is 2. The van der Waals surface area contributed by atoms with Gasteiger partial charge in [0, 0.05) is 12.7 Å². The molecule has 2 rings (SSSR count). The Morgan fingerprint density at radius 1 is 1.44 bits per heavy atom. The van der Waals surface area contributed by atoms with Gasteiger partial charge >= 0.3 is 0 Å². The van der Waals surface area contributed by atoms with Gasteiger partial charge in [0.15, 0.2) is 0 Å². The van der Waals surface area contributed by atoms with E-state index in [1.165, 1.54) is 6.20 Å². The van der Waals surface area contributed by atoms with Crippen molar-refractivity contribution in [3.05, 3.63) is 23.8 Å². The number of hydrogen-bond acceptors (Lipinski definition) is 4. The monoisotopic (exact) mass is 269 g/mol. The van der Waals surface area contributed by atoms with Crippen LogP contribution in [-0.2, 0) is 16.6 Å². The minimum Gasteiger partial charge on any atom is -0.281 e. The fraction of sp³-hybridized carbons (Fsp3) is 0.400. The summed E-state index contributed by atoms with van der Waals surface area (Å²) >= 11 is 0. The van der Waals surface area contributed by atoms with Gasteiger partial charge in [0.05, 0.1) is 23.3 Å². The molecule has 8 heteroatoms. The molecule has 0 aliphatic heterocycles. The molecule has 0 saturated heterocycles. The lowest BCUT2D eigenvalue weighted by atomic mass is 10.4. The molecule has 0 radical (unpaired) electrons. The van der Waals surface area contributed by atoms with Crippen molar-refractivity contribution in [2.45, 2.75) is 32.2 Å². The molecule has 0 saturated carbocycles. The summed E-state index contributed by atoms with van der Waals surface area (Å²) in [6.45, 7) is 5.93. The van der Waals surface area contributed by atoms with Crippen molar-refractivity contribution in [3.63, 3.8) is 0 Å². The van der Waals surface area contributed by atoms with Gasteiger partial charge in [-0.05, 0) is 20.8 Å². The number of sulfonamides is 1. The number of anilines is 1. The molecule has 18 heavy (non-hydrogen) atoms. The third-order valence-electron chi connectivity index (χ3n) is 2.54. The van der Waals surface area contributed by atoms with Crippen LogP contribution in [0, 0.1) is 13.8 Å². The fourth-order valence-corrected chi connectivity index (χ4v) is 3.13. The molecule has 0 aromatic carbocycles. The number of hydrogen-bond donors (Lipinski definition) is 2. The van der Waals surface area contributed by atoms with E-state index >= 15 is 0 Å². The average molecular weight is 269 g/mol. The predicted octanol–water partition coefficient (Wildman–Crippen LogP) is 1.04. The van der Waals surface area contributed by atoms with E-state index in [9.17, 15) is 8.42 Å². The Bertz CT molecular complexity index is 636. The summed E-state index contributed by atoms with van der Waals surface area (Å²) < 4.78 is 28.5. The van der Waals surface area contributed by atoms with Crippen molar-refractivity contribution in [1.82, 2.24) is 20.0 Å². The quantitative estimate of drug-likeness (QED) is 0.867. The van der Waals surface area contributed by atoms with Crippen LogP contribution in [0.1, 0.15) is 18.3 Å². The Morgan fingerprint density at radius 2 is 2.17 bits per heavy atom. The second kappa shape index (κ2) is 4.45. The molecule has 0 atom stereocenters. The maximum absolute atomic E-state index is 12.2. The Balaban J connectivity index is 2.33. The van der Waals surface area contributed by atoms with E-state index in [1.54, 1.807) is 24.7 Å². The summed E-state index contributed by atoms with van der Waals surface area (Å²) in [5, 5.41) is 10.5. The molecule has 2 N–H and O–H groups in total. The van der Waals surface area contributed by atoms with Gasteiger partial charge in [0.1, 0.15) is 4.90 Å². The zero-order valence-corrected chi connectivity index (χ0v) is 11.2. The Labute approximate surface area is 105 Å². The molecule has 0 fully saturated rings. The van der Waals surface area contributed by atoms with E-state index in [2.05, 4.69) is 20.0 Å². The smallest absolute Gasteiger partial charge is 0.265 e. The van der Waals surface area contributed by atoms with Crippen molar-refractivity contribution in [2.75, 3.05) is 4.72 Å². The highest BCUT2D eigenvalue weighted by molar-refractivity contribution is 7.92. The van der Waals surface area contributed by atoms with E-state index in [4.69, 9.17) is 0 Å². The van der Waals surface area contributed by atoms with Crippen LogP contribution in [0.4, 0.5) is 5.69 Å². The molecule has 2 heterocycles. The molecule has 0 bridgehead atoms. The third-order valence-corrected chi connectivity index (χ3v) is 4.18. The number of nitrogens with zero attached hydrogens (tertiary/aromatic N) is 3. The van der Waals surface area contributed by atoms with Gasteiger partial charge in [0.2, 0.25) is 0 Å². The van der Waals surface area contributed by atoms with Gasteiger partial charge < -0.3 is 0 Å². The topological polar surface area (TPSA) is 92.7 Å². The van der Waals surface area contributed by atoms with Crippen LogP contribution < -0.4 is 4.72 Å². The van der Waals surface area contributed by atoms with E-state index in [-0.39, 0.29) is 4.90 Å². The van der Waals surface area contributed by atoms with Crippen LogP contribution in [-0.4, -0.2) is 28.4 Å². The van der Waals surface area contributed by atoms with E-state index in [0.29, 0.717) is 23.6 Å². The number of aryl methyl sites for hydroxylation is 3. The fourth-order valence-electron chi connectivity index (χ4n) is 1.73. The van der Waals surface area contributed by atoms with Crippen molar-refractivity contribution in [3.8, 4) is 0 Å². The number of aromatic amines is 1. The van der Waals surface area contributed by atoms with E-state index < -0.39 is 10.0 Å². The lowest BCUT2D eigenvalue weighted by molar-refractivity contribution is 0.600. The first kappa shape index (κ1) is 12.6. The Hall–Kier alpha value is -1.83. The molecule has 2 aromatic heterocycles. The normalized spacial score (nSPS) is 11.7. The molecular formula is C10H15N5O2S. The molecule has 0 spiro atoms. The van der Waals surface area contributed by atoms with Crippen LogP contribution in [0.15, 0.2) is 17.3 Å². The molecule has 0 aliphatic rings. The summed E-state index contributed by atoms with van der Waals surface area (Å²) in [6.07, 6.45) is 3.12. The first-order valence-electron chi connectivity index (χ1n) is 5.51. The van der Waals surface area contributed by atoms with E-state index in [1.807, 2.05) is 6.92 Å². The number of rotatable bonds is 4. The molecule has 7 nitrogen and oxygen atoms in total. The maximum Gasteiger partial charge on any atom is 0.265 e. The van der Waals surface area contributed by atoms with Gasteiger partial charge in [-0.2, -0.15) is 10.2 Å². The van der Waals surface area contributed by atoms with Crippen LogP contribution in [0.3, 0.4) is 0 Å². The minimum absolute atomic E-state index is 0.187. The third kappa shape index (κ3) is 2.23. The lowest BCUT2D eigenvalue weighted by Crippen LogP contribution is -2.14. The van der Waals surface area contributed by atoms with Crippen LogP contribution in [0.2, 0.25) is 0 Å². The maximum atomic E-state index is 12.2. The molecule has 0 aliphatic carbocycles. The van der Waals surface area contributed by atoms with Crippen LogP contribution in [0.25, 0.3) is 0 Å². The first-order valence-corrected chi connectivity index (χ1v) is 6.99. The molecule has 0 unspecified atom stereocenters. The highest BCUT2D eigenvalue weighted by Gasteiger charge is 2.22. The summed E-state index contributed by atoms with van der Waals surface area (Å²) in [4.78, 5) is 0.187. The van der Waals surface area contributed by atoms with Gasteiger partial charge in [-0.1, -0.05) is 0 Å². The summed E-state index contributed by atoms with van der Waals surface area (Å²) in [7, 11) is -3.62. The SMILES string of the molecule is CCn1cc(NS(=O)(=O)c2c(C)n[nH]c2C)cn1. The summed E-state index contributed by atoms with van der Waals surface area (Å²) in [5.74, 6) is 0. The Kier molecular flexibility index (Phi) is 3.12. The summed E-state index contributed by atoms with van der Waals surface area (Å²) in [6, 6.07) is 0. The van der Waals surface area contributed by atoms with Gasteiger partial charge in [-0.25, -0.2) is 8.42 Å². The zero-order chi connectivity index (χ0) is 13.3. The van der Waals surface area contributed by atoms with Crippen molar-refractivity contribution < 1.29 is 8.42 Å². The molecule has 0 amide bonds. The first-order chi connectivity index (χ1) is 8.44. The second-order valence-corrected chi connectivity index (χ2v) is 5.57. The van der Waals surface area contributed by atoms with Gasteiger partial charge in [0.25, 0.3) is 10.0 Å². The average Bonchev–Trinajstić information content (AvgIpc) is 2.85. The summed E-state index contributed by atoms with van der Waals surface area (Å²) in [5.41, 5.74) is 1.41. The lowest BCUT2D eigenvalue weighted by Gasteiger charge is -2.05. The highest BCUT2D eigenvalue weighted by atomic mass is 32.2. The minimum atomic E-state index is -3.62. The number of aromatic nitrogens is 4. The molecule has 2 aromatic rings. The van der Waals surface area contributed by atoms with Crippen LogP contribution >= 0.6 is 0 Å². The van der Waals surface area contributed by atoms with Crippen molar-refractivity contribution >= 4 is 15.7 Å².